The highest BCUT2D eigenvalue weighted by Gasteiger charge is 2.40. The second-order valence-corrected chi connectivity index (χ2v) is 7.48. The summed E-state index contributed by atoms with van der Waals surface area (Å²) in [7, 11) is 0. The van der Waals surface area contributed by atoms with Gasteiger partial charge >= 0.3 is 11.9 Å². The van der Waals surface area contributed by atoms with Crippen molar-refractivity contribution in [2.75, 3.05) is 0 Å². The molecule has 1 saturated heterocycles. The van der Waals surface area contributed by atoms with Crippen LogP contribution in [0.15, 0.2) is 33.6 Å². The van der Waals surface area contributed by atoms with Crippen LogP contribution in [0.4, 0.5) is 0 Å². The molecular formula is C15H12BrNO5S2. The van der Waals surface area contributed by atoms with Gasteiger partial charge in [-0.1, -0.05) is 52.0 Å². The van der Waals surface area contributed by atoms with Crippen LogP contribution in [0.25, 0.3) is 6.08 Å². The van der Waals surface area contributed by atoms with E-state index in [-0.39, 0.29) is 17.2 Å². The average Bonchev–Trinajstić information content (AvgIpc) is 2.74. The van der Waals surface area contributed by atoms with E-state index in [2.05, 4.69) is 15.9 Å². The second-order valence-electron chi connectivity index (χ2n) is 4.89. The predicted molar refractivity (Wildman–Crippen MR) is 97.4 cm³/mol. The first kappa shape index (κ1) is 18.6. The number of carbonyl (C=O) groups excluding carboxylic acids is 1. The molecule has 126 valence electrons. The van der Waals surface area contributed by atoms with E-state index >= 15 is 0 Å². The highest BCUT2D eigenvalue weighted by Crippen LogP contribution is 2.35. The number of carboxylic acids is 2. The quantitative estimate of drug-likeness (QED) is 0.529. The summed E-state index contributed by atoms with van der Waals surface area (Å²) < 4.78 is 0.954. The van der Waals surface area contributed by atoms with Gasteiger partial charge in [-0.15, -0.1) is 0 Å². The van der Waals surface area contributed by atoms with Crippen molar-refractivity contribution in [2.45, 2.75) is 18.9 Å². The number of nitrogens with zero attached hydrogens (tertiary/aromatic N) is 1. The Hall–Kier alpha value is -1.71. The van der Waals surface area contributed by atoms with Gasteiger partial charge in [0, 0.05) is 10.9 Å². The number of benzene rings is 1. The van der Waals surface area contributed by atoms with Gasteiger partial charge in [-0.25, -0.2) is 4.79 Å². The van der Waals surface area contributed by atoms with E-state index in [1.54, 1.807) is 12.1 Å². The lowest BCUT2D eigenvalue weighted by atomic mass is 10.1. The first-order valence-electron chi connectivity index (χ1n) is 6.77. The average molecular weight is 430 g/mol. The Morgan fingerprint density at radius 1 is 1.38 bits per heavy atom. The Kier molecular flexibility index (Phi) is 6.14. The van der Waals surface area contributed by atoms with E-state index < -0.39 is 23.9 Å². The van der Waals surface area contributed by atoms with Crippen molar-refractivity contribution in [2.24, 2.45) is 0 Å². The van der Waals surface area contributed by atoms with Gasteiger partial charge in [-0.05, 0) is 30.2 Å². The lowest BCUT2D eigenvalue weighted by molar-refractivity contribution is -0.146. The van der Waals surface area contributed by atoms with Crippen molar-refractivity contribution in [3.63, 3.8) is 0 Å². The zero-order valence-corrected chi connectivity index (χ0v) is 15.4. The Labute approximate surface area is 155 Å². The van der Waals surface area contributed by atoms with Crippen molar-refractivity contribution in [3.8, 4) is 0 Å². The summed E-state index contributed by atoms with van der Waals surface area (Å²) in [6.45, 7) is 0. The Morgan fingerprint density at radius 2 is 2.08 bits per heavy atom. The molecule has 1 heterocycles. The lowest BCUT2D eigenvalue weighted by Gasteiger charge is -2.22. The molecule has 0 aromatic heterocycles. The molecule has 9 heteroatoms. The third-order valence-corrected chi connectivity index (χ3v) is 5.02. The summed E-state index contributed by atoms with van der Waals surface area (Å²) in [6.07, 6.45) is 1.06. The number of aliphatic carboxylic acids is 2. The maximum absolute atomic E-state index is 12.5. The van der Waals surface area contributed by atoms with E-state index in [9.17, 15) is 19.5 Å². The maximum atomic E-state index is 12.5. The number of carboxylic acid groups (broad SMARTS) is 2. The summed E-state index contributed by atoms with van der Waals surface area (Å²) in [5.74, 6) is -2.93. The summed E-state index contributed by atoms with van der Waals surface area (Å²) in [6, 6.07) is 5.97. The monoisotopic (exact) mass is 429 g/mol. The van der Waals surface area contributed by atoms with E-state index in [0.717, 1.165) is 26.7 Å². The lowest BCUT2D eigenvalue weighted by Crippen LogP contribution is -2.44. The first-order chi connectivity index (χ1) is 11.3. The smallest absolute Gasteiger partial charge is 0.326 e. The molecule has 1 aromatic rings. The number of hydrogen-bond acceptors (Lipinski definition) is 5. The van der Waals surface area contributed by atoms with E-state index in [0.29, 0.717) is 4.91 Å². The van der Waals surface area contributed by atoms with Crippen molar-refractivity contribution < 1.29 is 24.6 Å². The predicted octanol–water partition coefficient (Wildman–Crippen LogP) is 2.97. The van der Waals surface area contributed by atoms with Crippen LogP contribution in [0, 0.1) is 0 Å². The molecule has 0 spiro atoms. The number of halogens is 1. The zero-order chi connectivity index (χ0) is 17.9. The Morgan fingerprint density at radius 3 is 2.67 bits per heavy atom. The summed E-state index contributed by atoms with van der Waals surface area (Å²) in [5.41, 5.74) is 0.766. The van der Waals surface area contributed by atoms with E-state index in [1.165, 1.54) is 0 Å². The molecule has 1 aliphatic heterocycles. The molecule has 2 rings (SSSR count). The fourth-order valence-corrected chi connectivity index (χ4v) is 3.89. The van der Waals surface area contributed by atoms with Crippen LogP contribution < -0.4 is 0 Å². The molecule has 0 aliphatic carbocycles. The van der Waals surface area contributed by atoms with E-state index in [1.807, 2.05) is 18.2 Å². The molecule has 1 amide bonds. The molecule has 0 bridgehead atoms. The van der Waals surface area contributed by atoms with Crippen molar-refractivity contribution in [1.82, 2.24) is 4.90 Å². The molecule has 0 saturated carbocycles. The summed E-state index contributed by atoms with van der Waals surface area (Å²) in [5, 5.41) is 18.1. The van der Waals surface area contributed by atoms with Gasteiger partial charge < -0.3 is 10.2 Å². The second kappa shape index (κ2) is 7.91. The van der Waals surface area contributed by atoms with Gasteiger partial charge in [0.15, 0.2) is 0 Å². The number of hydrogen-bond donors (Lipinski definition) is 2. The first-order valence-corrected chi connectivity index (χ1v) is 8.78. The van der Waals surface area contributed by atoms with Gasteiger partial charge in [0.1, 0.15) is 10.4 Å². The van der Waals surface area contributed by atoms with Gasteiger partial charge in [0.05, 0.1) is 4.91 Å². The van der Waals surface area contributed by atoms with E-state index in [4.69, 9.17) is 17.3 Å². The molecule has 2 N–H and O–H groups in total. The minimum atomic E-state index is -1.29. The minimum Gasteiger partial charge on any atom is -0.481 e. The molecule has 1 unspecified atom stereocenters. The molecule has 0 radical (unpaired) electrons. The van der Waals surface area contributed by atoms with Crippen LogP contribution in [0.2, 0.25) is 0 Å². The SMILES string of the molecule is O=C(O)CCC(C(=O)O)N1C(=O)C(=Cc2cccc(Br)c2)SC1=S. The third-order valence-electron chi connectivity index (χ3n) is 3.20. The van der Waals surface area contributed by atoms with Crippen LogP contribution in [0.1, 0.15) is 18.4 Å². The molecule has 1 atom stereocenters. The molecule has 1 aromatic carbocycles. The minimum absolute atomic E-state index is 0.110. The number of rotatable bonds is 6. The topological polar surface area (TPSA) is 94.9 Å². The van der Waals surface area contributed by atoms with Gasteiger partial charge in [-0.2, -0.15) is 0 Å². The van der Waals surface area contributed by atoms with Crippen LogP contribution >= 0.6 is 39.9 Å². The molecule has 1 fully saturated rings. The summed E-state index contributed by atoms with van der Waals surface area (Å²) in [4.78, 5) is 35.9. The molecular weight excluding hydrogens is 418 g/mol. The maximum Gasteiger partial charge on any atom is 0.326 e. The van der Waals surface area contributed by atoms with Gasteiger partial charge in [0.25, 0.3) is 5.91 Å². The van der Waals surface area contributed by atoms with Crippen LogP contribution in [-0.2, 0) is 14.4 Å². The number of thioether (sulfide) groups is 1. The number of amides is 1. The Bertz CT molecular complexity index is 749. The van der Waals surface area contributed by atoms with Gasteiger partial charge in [0.2, 0.25) is 0 Å². The van der Waals surface area contributed by atoms with Crippen molar-refractivity contribution in [3.05, 3.63) is 39.2 Å². The standard InChI is InChI=1S/C15H12BrNO5S2/c16-9-3-1-2-8(6-9)7-11-13(20)17(15(23)24-11)10(14(21)22)4-5-12(18)19/h1-3,6-7,10H,4-5H2,(H,18,19)(H,21,22). The van der Waals surface area contributed by atoms with Gasteiger partial charge in [-0.3, -0.25) is 14.5 Å². The fraction of sp³-hybridized carbons (Fsp3) is 0.200. The van der Waals surface area contributed by atoms with Crippen LogP contribution in [0.3, 0.4) is 0 Å². The molecule has 24 heavy (non-hydrogen) atoms. The Balaban J connectivity index is 2.26. The van der Waals surface area contributed by atoms with Crippen molar-refractivity contribution >= 4 is 68.2 Å². The third kappa shape index (κ3) is 4.43. The summed E-state index contributed by atoms with van der Waals surface area (Å²) >= 11 is 9.46. The van der Waals surface area contributed by atoms with Crippen LogP contribution in [-0.4, -0.2) is 43.3 Å². The molecule has 6 nitrogen and oxygen atoms in total. The fourth-order valence-electron chi connectivity index (χ4n) is 2.12. The van der Waals surface area contributed by atoms with Crippen LogP contribution in [0.5, 0.6) is 0 Å². The number of thiocarbonyl (C=S) groups is 1. The molecule has 1 aliphatic rings. The number of carbonyl (C=O) groups is 3. The normalized spacial score (nSPS) is 17.4. The highest BCUT2D eigenvalue weighted by atomic mass is 79.9. The van der Waals surface area contributed by atoms with Crippen molar-refractivity contribution in [1.29, 1.82) is 0 Å². The largest absolute Gasteiger partial charge is 0.481 e. The highest BCUT2D eigenvalue weighted by molar-refractivity contribution is 9.10. The zero-order valence-electron chi connectivity index (χ0n) is 12.1.